The van der Waals surface area contributed by atoms with Crippen LogP contribution in [0.5, 0.6) is 0 Å². The number of aliphatic hydroxyl groups is 1. The van der Waals surface area contributed by atoms with Gasteiger partial charge in [0.15, 0.2) is 5.60 Å². The molecule has 0 spiro atoms. The molecule has 2 amide bonds. The van der Waals surface area contributed by atoms with Gasteiger partial charge in [-0.2, -0.15) is 0 Å². The highest BCUT2D eigenvalue weighted by Crippen LogP contribution is 2.24. The Bertz CT molecular complexity index is 998. The first-order valence-corrected chi connectivity index (χ1v) is 8.71. The van der Waals surface area contributed by atoms with Gasteiger partial charge in [-0.3, -0.25) is 14.8 Å². The number of furan rings is 1. The zero-order valence-electron chi connectivity index (χ0n) is 15.8. The molecule has 0 radical (unpaired) electrons. The van der Waals surface area contributed by atoms with Crippen LogP contribution in [-0.2, 0) is 4.79 Å². The van der Waals surface area contributed by atoms with Crippen molar-refractivity contribution in [1.29, 1.82) is 0 Å². The van der Waals surface area contributed by atoms with Gasteiger partial charge in [0.2, 0.25) is 0 Å². The van der Waals surface area contributed by atoms with Gasteiger partial charge >= 0.3 is 0 Å². The van der Waals surface area contributed by atoms with E-state index in [1.165, 1.54) is 49.2 Å². The van der Waals surface area contributed by atoms with Gasteiger partial charge in [-0.1, -0.05) is 12.8 Å². The number of hydroxylamine groups is 1. The van der Waals surface area contributed by atoms with Crippen LogP contribution in [0.3, 0.4) is 0 Å². The molecule has 0 saturated heterocycles. The minimum atomic E-state index is -3.34. The lowest BCUT2D eigenvalue weighted by atomic mass is 9.90. The average molecular weight is 416 g/mol. The van der Waals surface area contributed by atoms with Gasteiger partial charge in [0.1, 0.15) is 12.3 Å². The lowest BCUT2D eigenvalue weighted by Gasteiger charge is -2.33. The number of alkyl halides is 2. The number of nitrogens with one attached hydrogen (secondary N) is 2. The van der Waals surface area contributed by atoms with Crippen molar-refractivity contribution >= 4 is 11.8 Å². The molecule has 0 saturated carbocycles. The molecule has 156 valence electrons. The Hall–Kier alpha value is -3.66. The number of benzene rings is 1. The van der Waals surface area contributed by atoms with E-state index in [1.807, 2.05) is 5.32 Å². The van der Waals surface area contributed by atoms with E-state index in [-0.39, 0.29) is 5.56 Å². The van der Waals surface area contributed by atoms with Crippen LogP contribution in [0.2, 0.25) is 0 Å². The van der Waals surface area contributed by atoms with Crippen molar-refractivity contribution < 1.29 is 33.1 Å². The summed E-state index contributed by atoms with van der Waals surface area (Å²) in [6.45, 7) is 1.22. The van der Waals surface area contributed by atoms with Gasteiger partial charge in [-0.05, 0) is 54.5 Å². The molecule has 2 unspecified atom stereocenters. The van der Waals surface area contributed by atoms with Gasteiger partial charge in [0, 0.05) is 11.1 Å². The molecule has 0 aliphatic heterocycles. The Labute approximate surface area is 171 Å². The van der Waals surface area contributed by atoms with Gasteiger partial charge < -0.3 is 14.8 Å². The zero-order chi connectivity index (χ0) is 22.1. The molecule has 1 aromatic heterocycles. The van der Waals surface area contributed by atoms with E-state index in [9.17, 15) is 23.5 Å². The number of carbonyl (C=O) groups is 2. The van der Waals surface area contributed by atoms with E-state index in [0.29, 0.717) is 11.1 Å². The summed E-state index contributed by atoms with van der Waals surface area (Å²) in [5.41, 5.74) is -0.431. The summed E-state index contributed by atoms with van der Waals surface area (Å²) in [5.74, 6) is 8.54. The highest BCUT2D eigenvalue weighted by molar-refractivity contribution is 5.97. The smallest absolute Gasteiger partial charge is 0.269 e. The molecule has 7 nitrogen and oxygen atoms in total. The first-order chi connectivity index (χ1) is 14.3. The minimum Gasteiger partial charge on any atom is -0.471 e. The fraction of sp³-hybridized carbons (Fsp3) is 0.238. The average Bonchev–Trinajstić information content (AvgIpc) is 3.27. The Morgan fingerprint density at radius 2 is 1.77 bits per heavy atom. The Balaban J connectivity index is 2.13. The molecule has 0 bridgehead atoms. The Kier molecular flexibility index (Phi) is 7.70. The molecule has 9 heteroatoms. The molecule has 30 heavy (non-hydrogen) atoms. The van der Waals surface area contributed by atoms with Crippen LogP contribution in [0.15, 0.2) is 47.3 Å². The van der Waals surface area contributed by atoms with E-state index in [1.54, 1.807) is 6.07 Å². The maximum Gasteiger partial charge on any atom is 0.269 e. The summed E-state index contributed by atoms with van der Waals surface area (Å²) in [5, 5.41) is 20.9. The first kappa shape index (κ1) is 22.6. The first-order valence-electron chi connectivity index (χ1n) is 8.71. The third kappa shape index (κ3) is 5.45. The zero-order valence-corrected chi connectivity index (χ0v) is 15.8. The summed E-state index contributed by atoms with van der Waals surface area (Å²) in [4.78, 5) is 24.1. The van der Waals surface area contributed by atoms with Crippen molar-refractivity contribution in [2.75, 3.05) is 0 Å². The van der Waals surface area contributed by atoms with Gasteiger partial charge in [-0.15, -0.1) is 0 Å². The van der Waals surface area contributed by atoms with E-state index in [4.69, 9.17) is 9.62 Å². The molecule has 2 aromatic rings. The highest BCUT2D eigenvalue weighted by atomic mass is 19.3. The molecule has 2 atom stereocenters. The number of hydrogen-bond acceptors (Lipinski definition) is 5. The second-order valence-electron chi connectivity index (χ2n) is 6.12. The van der Waals surface area contributed by atoms with Crippen molar-refractivity contribution in [3.8, 4) is 23.7 Å². The summed E-state index contributed by atoms with van der Waals surface area (Å²) < 4.78 is 31.4. The molecular formula is C21H18F2N2O5. The fourth-order valence-corrected chi connectivity index (χ4v) is 2.43. The Morgan fingerprint density at radius 3 is 2.27 bits per heavy atom. The molecule has 0 aliphatic rings. The van der Waals surface area contributed by atoms with Crippen molar-refractivity contribution in [2.24, 2.45) is 0 Å². The summed E-state index contributed by atoms with van der Waals surface area (Å²) in [6, 6.07) is 5.34. The van der Waals surface area contributed by atoms with Crippen LogP contribution in [0.25, 0.3) is 0 Å². The van der Waals surface area contributed by atoms with Crippen molar-refractivity contribution in [1.82, 2.24) is 10.8 Å². The molecule has 1 heterocycles. The third-order valence-electron chi connectivity index (χ3n) is 4.24. The number of carbonyl (C=O) groups excluding carboxylic acids is 2. The number of amides is 2. The van der Waals surface area contributed by atoms with Crippen molar-refractivity contribution in [3.05, 3.63) is 59.5 Å². The largest absolute Gasteiger partial charge is 0.471 e. The van der Waals surface area contributed by atoms with Crippen molar-refractivity contribution in [3.63, 3.8) is 0 Å². The molecule has 0 fully saturated rings. The predicted molar refractivity (Wildman–Crippen MR) is 101 cm³/mol. The monoisotopic (exact) mass is 416 g/mol. The SMILES string of the molecule is CCC(O)(C(F)F)C(NC(=O)c1ccc(C#CC#Cc2ccoc2)cc1)C(=O)NO. The lowest BCUT2D eigenvalue weighted by molar-refractivity contribution is -0.154. The quantitative estimate of drug-likeness (QED) is 0.325. The summed E-state index contributed by atoms with van der Waals surface area (Å²) in [6.07, 6.45) is -0.929. The normalized spacial score (nSPS) is 13.1. The van der Waals surface area contributed by atoms with E-state index < -0.39 is 36.3 Å². The van der Waals surface area contributed by atoms with Crippen LogP contribution >= 0.6 is 0 Å². The van der Waals surface area contributed by atoms with E-state index in [2.05, 4.69) is 23.7 Å². The summed E-state index contributed by atoms with van der Waals surface area (Å²) >= 11 is 0. The number of hydrogen-bond donors (Lipinski definition) is 4. The topological polar surface area (TPSA) is 112 Å². The molecule has 2 rings (SSSR count). The summed E-state index contributed by atoms with van der Waals surface area (Å²) in [7, 11) is 0. The van der Waals surface area contributed by atoms with Crippen molar-refractivity contribution in [2.45, 2.75) is 31.4 Å². The highest BCUT2D eigenvalue weighted by Gasteiger charge is 2.48. The number of halogens is 2. The van der Waals surface area contributed by atoms with Crippen LogP contribution in [-0.4, -0.2) is 40.2 Å². The maximum absolute atomic E-state index is 13.3. The molecule has 4 N–H and O–H groups in total. The molecule has 1 aromatic carbocycles. The fourth-order valence-electron chi connectivity index (χ4n) is 2.43. The lowest BCUT2D eigenvalue weighted by Crippen LogP contribution is -2.62. The predicted octanol–water partition coefficient (Wildman–Crippen LogP) is 1.69. The van der Waals surface area contributed by atoms with Gasteiger partial charge in [0.05, 0.1) is 11.8 Å². The standard InChI is InChI=1S/C21H18F2N2O5/c1-2-21(28,20(22)23)17(19(27)25-29)24-18(26)16-9-7-14(8-10-16)5-3-4-6-15-11-12-30-13-15/h7-13,17,20,28-29H,2H2,1H3,(H,24,26)(H,25,27). The number of rotatable bonds is 6. The molecular weight excluding hydrogens is 398 g/mol. The van der Waals surface area contributed by atoms with E-state index >= 15 is 0 Å². The van der Waals surface area contributed by atoms with Crippen LogP contribution in [0.1, 0.15) is 34.8 Å². The third-order valence-corrected chi connectivity index (χ3v) is 4.24. The Morgan fingerprint density at radius 1 is 1.13 bits per heavy atom. The van der Waals surface area contributed by atoms with Crippen LogP contribution in [0, 0.1) is 23.7 Å². The van der Waals surface area contributed by atoms with Gasteiger partial charge in [0.25, 0.3) is 18.2 Å². The second kappa shape index (κ2) is 10.2. The van der Waals surface area contributed by atoms with Crippen LogP contribution < -0.4 is 10.8 Å². The van der Waals surface area contributed by atoms with E-state index in [0.717, 1.165) is 0 Å². The molecule has 0 aliphatic carbocycles. The van der Waals surface area contributed by atoms with Gasteiger partial charge in [-0.25, -0.2) is 14.3 Å². The second-order valence-corrected chi connectivity index (χ2v) is 6.12. The minimum absolute atomic E-state index is 0.0356. The van der Waals surface area contributed by atoms with Crippen LogP contribution in [0.4, 0.5) is 8.78 Å². The maximum atomic E-state index is 13.3.